The molecule has 0 aliphatic rings. The van der Waals surface area contributed by atoms with Gasteiger partial charge in [0, 0.05) is 18.4 Å². The molecule has 0 radical (unpaired) electrons. The minimum Gasteiger partial charge on any atom is -0.350 e. The van der Waals surface area contributed by atoms with Crippen LogP contribution in [0.3, 0.4) is 0 Å². The number of hydrogen-bond donors (Lipinski definition) is 1. The molecular weight excluding hydrogens is 234 g/mol. The van der Waals surface area contributed by atoms with Crippen LogP contribution in [0.4, 0.5) is 5.95 Å². The van der Waals surface area contributed by atoms with Gasteiger partial charge in [-0.15, -0.1) is 0 Å². The Kier molecular flexibility index (Phi) is 3.65. The molecule has 1 aromatic heterocycles. The normalized spacial score (nSPS) is 15.4. The van der Waals surface area contributed by atoms with Gasteiger partial charge in [-0.3, -0.25) is 0 Å². The largest absolute Gasteiger partial charge is 0.350 e. The summed E-state index contributed by atoms with van der Waals surface area (Å²) < 4.78 is 1.62. The van der Waals surface area contributed by atoms with Gasteiger partial charge in [0.1, 0.15) is 0 Å². The zero-order chi connectivity index (χ0) is 9.84. The van der Waals surface area contributed by atoms with Crippen molar-refractivity contribution in [1.82, 2.24) is 20.2 Å². The Balaban J connectivity index is 2.54. The molecule has 74 valence electrons. The van der Waals surface area contributed by atoms with Crippen LogP contribution in [-0.4, -0.2) is 31.6 Å². The zero-order valence-electron chi connectivity index (χ0n) is 8.03. The fraction of sp³-hybridized carbons (Fsp3) is 0.857. The van der Waals surface area contributed by atoms with Crippen molar-refractivity contribution in [1.29, 1.82) is 0 Å². The second-order valence-electron chi connectivity index (χ2n) is 3.19. The average molecular weight is 248 g/mol. The van der Waals surface area contributed by atoms with Crippen LogP contribution in [0.15, 0.2) is 0 Å². The predicted octanol–water partition coefficient (Wildman–Crippen LogP) is 1.04. The highest BCUT2D eigenvalue weighted by Gasteiger charge is 2.12. The molecule has 6 heteroatoms. The van der Waals surface area contributed by atoms with Gasteiger partial charge in [0.05, 0.1) is 0 Å². The first-order valence-electron chi connectivity index (χ1n) is 4.20. The lowest BCUT2D eigenvalue weighted by molar-refractivity contribution is 0.563. The van der Waals surface area contributed by atoms with Crippen molar-refractivity contribution in [2.45, 2.75) is 19.9 Å². The minimum absolute atomic E-state index is 0.351. The number of rotatable bonds is 4. The van der Waals surface area contributed by atoms with E-state index >= 15 is 0 Å². The quantitative estimate of drug-likeness (QED) is 0.809. The second-order valence-corrected chi connectivity index (χ2v) is 3.84. The summed E-state index contributed by atoms with van der Waals surface area (Å²) in [4.78, 5) is 0. The van der Waals surface area contributed by atoms with E-state index in [1.54, 1.807) is 4.68 Å². The predicted molar refractivity (Wildman–Crippen MR) is 54.8 cm³/mol. The van der Waals surface area contributed by atoms with Crippen molar-refractivity contribution < 1.29 is 0 Å². The monoisotopic (exact) mass is 247 g/mol. The van der Waals surface area contributed by atoms with Gasteiger partial charge in [-0.25, -0.2) is 4.68 Å². The van der Waals surface area contributed by atoms with Crippen LogP contribution in [-0.2, 0) is 7.05 Å². The third-order valence-corrected chi connectivity index (χ3v) is 3.10. The van der Waals surface area contributed by atoms with Gasteiger partial charge in [0.2, 0.25) is 5.95 Å². The summed E-state index contributed by atoms with van der Waals surface area (Å²) in [5, 5.41) is 15.3. The van der Waals surface area contributed by atoms with E-state index in [1.807, 2.05) is 7.05 Å². The van der Waals surface area contributed by atoms with Gasteiger partial charge in [-0.1, -0.05) is 28.0 Å². The standard InChI is InChI=1S/C7H14BrN5/c1-5(4-8)6(2)9-7-10-11-12-13(7)3/h5-6H,4H2,1-3H3,(H,9,10,12). The molecule has 0 fully saturated rings. The number of anilines is 1. The summed E-state index contributed by atoms with van der Waals surface area (Å²) >= 11 is 3.44. The van der Waals surface area contributed by atoms with E-state index in [0.717, 1.165) is 5.33 Å². The van der Waals surface area contributed by atoms with Crippen LogP contribution < -0.4 is 5.32 Å². The summed E-state index contributed by atoms with van der Waals surface area (Å²) in [6.07, 6.45) is 0. The minimum atomic E-state index is 0.351. The fourth-order valence-electron chi connectivity index (χ4n) is 0.831. The Bertz CT molecular complexity index is 261. The first kappa shape index (κ1) is 10.4. The van der Waals surface area contributed by atoms with Crippen LogP contribution in [0.1, 0.15) is 13.8 Å². The number of tetrazole rings is 1. The number of aryl methyl sites for hydroxylation is 1. The zero-order valence-corrected chi connectivity index (χ0v) is 9.61. The Hall–Kier alpha value is -0.650. The molecule has 5 nitrogen and oxygen atoms in total. The Morgan fingerprint density at radius 2 is 2.23 bits per heavy atom. The van der Waals surface area contributed by atoms with Gasteiger partial charge in [-0.05, 0) is 23.3 Å². The van der Waals surface area contributed by atoms with E-state index in [2.05, 4.69) is 50.6 Å². The van der Waals surface area contributed by atoms with Crippen LogP contribution in [0.25, 0.3) is 0 Å². The van der Waals surface area contributed by atoms with Gasteiger partial charge < -0.3 is 5.32 Å². The molecule has 1 rings (SSSR count). The molecule has 0 bridgehead atoms. The first-order chi connectivity index (χ1) is 6.15. The molecule has 1 aromatic rings. The third-order valence-electron chi connectivity index (χ3n) is 2.07. The van der Waals surface area contributed by atoms with Crippen LogP contribution in [0, 0.1) is 5.92 Å². The summed E-state index contributed by atoms with van der Waals surface area (Å²) in [5.41, 5.74) is 0. The smallest absolute Gasteiger partial charge is 0.242 e. The molecule has 1 heterocycles. The molecule has 0 saturated carbocycles. The van der Waals surface area contributed by atoms with Crippen molar-refractivity contribution in [3.8, 4) is 0 Å². The van der Waals surface area contributed by atoms with Gasteiger partial charge in [0.15, 0.2) is 0 Å². The molecule has 0 saturated heterocycles. The molecule has 0 aliphatic heterocycles. The van der Waals surface area contributed by atoms with Crippen LogP contribution in [0.2, 0.25) is 0 Å². The lowest BCUT2D eigenvalue weighted by Gasteiger charge is -2.18. The molecule has 2 atom stereocenters. The van der Waals surface area contributed by atoms with Gasteiger partial charge >= 0.3 is 0 Å². The molecule has 2 unspecified atom stereocenters. The second kappa shape index (κ2) is 4.55. The highest BCUT2D eigenvalue weighted by molar-refractivity contribution is 9.09. The van der Waals surface area contributed by atoms with Crippen molar-refractivity contribution in [2.24, 2.45) is 13.0 Å². The summed E-state index contributed by atoms with van der Waals surface area (Å²) in [5.74, 6) is 1.25. The lowest BCUT2D eigenvalue weighted by atomic mass is 10.1. The number of alkyl halides is 1. The molecule has 1 N–H and O–H groups in total. The van der Waals surface area contributed by atoms with Crippen molar-refractivity contribution in [3.63, 3.8) is 0 Å². The molecule has 0 aliphatic carbocycles. The lowest BCUT2D eigenvalue weighted by Crippen LogP contribution is -2.26. The molecule has 0 aromatic carbocycles. The van der Waals surface area contributed by atoms with Gasteiger partial charge in [0.25, 0.3) is 0 Å². The van der Waals surface area contributed by atoms with Crippen molar-refractivity contribution >= 4 is 21.9 Å². The van der Waals surface area contributed by atoms with E-state index in [1.165, 1.54) is 0 Å². The van der Waals surface area contributed by atoms with Crippen LogP contribution in [0.5, 0.6) is 0 Å². The Morgan fingerprint density at radius 1 is 1.54 bits per heavy atom. The highest BCUT2D eigenvalue weighted by Crippen LogP contribution is 2.10. The highest BCUT2D eigenvalue weighted by atomic mass is 79.9. The topological polar surface area (TPSA) is 55.6 Å². The van der Waals surface area contributed by atoms with Gasteiger partial charge in [-0.2, -0.15) is 0 Å². The fourth-order valence-corrected chi connectivity index (χ4v) is 1.39. The Morgan fingerprint density at radius 3 is 2.69 bits per heavy atom. The number of aromatic nitrogens is 4. The third kappa shape index (κ3) is 2.65. The number of halogens is 1. The Labute approximate surface area is 86.0 Å². The summed E-state index contributed by atoms with van der Waals surface area (Å²) in [6, 6.07) is 0.351. The van der Waals surface area contributed by atoms with E-state index in [4.69, 9.17) is 0 Å². The molecule has 0 amide bonds. The summed E-state index contributed by atoms with van der Waals surface area (Å²) in [6.45, 7) is 4.27. The molecule has 13 heavy (non-hydrogen) atoms. The first-order valence-corrected chi connectivity index (χ1v) is 5.32. The molecular formula is C7H14BrN5. The maximum absolute atomic E-state index is 3.85. The van der Waals surface area contributed by atoms with Crippen LogP contribution >= 0.6 is 15.9 Å². The van der Waals surface area contributed by atoms with Crippen molar-refractivity contribution in [2.75, 3.05) is 10.6 Å². The maximum Gasteiger partial charge on any atom is 0.242 e. The number of nitrogens with zero attached hydrogens (tertiary/aromatic N) is 4. The van der Waals surface area contributed by atoms with E-state index in [0.29, 0.717) is 17.9 Å². The van der Waals surface area contributed by atoms with E-state index < -0.39 is 0 Å². The number of nitrogens with one attached hydrogen (secondary N) is 1. The maximum atomic E-state index is 3.85. The van der Waals surface area contributed by atoms with Crippen molar-refractivity contribution in [3.05, 3.63) is 0 Å². The SMILES string of the molecule is CC(CBr)C(C)Nc1nnnn1C. The van der Waals surface area contributed by atoms with E-state index in [9.17, 15) is 0 Å². The average Bonchev–Trinajstić information content (AvgIpc) is 2.50. The molecule has 0 spiro atoms. The number of hydrogen-bond acceptors (Lipinski definition) is 4. The summed E-state index contributed by atoms with van der Waals surface area (Å²) in [7, 11) is 1.81. The van der Waals surface area contributed by atoms with E-state index in [-0.39, 0.29) is 0 Å².